The van der Waals surface area contributed by atoms with Gasteiger partial charge in [0, 0.05) is 6.61 Å². The lowest BCUT2D eigenvalue weighted by molar-refractivity contribution is 0.125. The number of ether oxygens (including phenoxy) is 1. The Balaban J connectivity index is 2.56. The number of hydrogen-bond donors (Lipinski definition) is 1. The van der Waals surface area contributed by atoms with E-state index in [4.69, 9.17) is 4.74 Å². The van der Waals surface area contributed by atoms with E-state index < -0.39 is 0 Å². The third-order valence-electron chi connectivity index (χ3n) is 1.83. The topological polar surface area (TPSA) is 21.3 Å². The smallest absolute Gasteiger partial charge is 0.0661 e. The highest BCUT2D eigenvalue weighted by molar-refractivity contribution is 14.1. The zero-order valence-electron chi connectivity index (χ0n) is 7.84. The number of likely N-dealkylation sites (N-methyl/N-ethyl adjacent to an activating group) is 1. The highest BCUT2D eigenvalue weighted by Gasteiger charge is 2.10. The summed E-state index contributed by atoms with van der Waals surface area (Å²) in [7, 11) is 1.97. The van der Waals surface area contributed by atoms with Gasteiger partial charge >= 0.3 is 0 Å². The van der Waals surface area contributed by atoms with Crippen LogP contribution in [0.4, 0.5) is 0 Å². The lowest BCUT2D eigenvalue weighted by Crippen LogP contribution is -2.21. The van der Waals surface area contributed by atoms with Crippen molar-refractivity contribution in [3.8, 4) is 0 Å². The number of rotatable bonds is 5. The van der Waals surface area contributed by atoms with E-state index in [1.165, 1.54) is 8.45 Å². The number of thiophene rings is 1. The molecule has 1 heterocycles. The van der Waals surface area contributed by atoms with E-state index >= 15 is 0 Å². The fraction of sp³-hybridized carbons (Fsp3) is 0.556. The minimum absolute atomic E-state index is 0.333. The van der Waals surface area contributed by atoms with Crippen LogP contribution in [-0.2, 0) is 4.74 Å². The normalized spacial score (nSPS) is 13.2. The molecule has 0 aliphatic rings. The largest absolute Gasteiger partial charge is 0.380 e. The molecule has 1 aromatic rings. The van der Waals surface area contributed by atoms with Crippen LogP contribution in [0.2, 0.25) is 0 Å². The Morgan fingerprint density at radius 2 is 2.46 bits per heavy atom. The van der Waals surface area contributed by atoms with E-state index in [0.717, 1.165) is 13.2 Å². The highest BCUT2D eigenvalue weighted by atomic mass is 127. The predicted octanol–water partition coefficient (Wildman–Crippen LogP) is 2.65. The second-order valence-electron chi connectivity index (χ2n) is 2.68. The molecular formula is C9H14INOS. The van der Waals surface area contributed by atoms with Crippen molar-refractivity contribution in [3.63, 3.8) is 0 Å². The lowest BCUT2D eigenvalue weighted by Gasteiger charge is -2.14. The fourth-order valence-corrected chi connectivity index (χ4v) is 2.51. The monoisotopic (exact) mass is 311 g/mol. The average Bonchev–Trinajstić information content (AvgIpc) is 2.54. The van der Waals surface area contributed by atoms with Gasteiger partial charge in [-0.05, 0) is 53.6 Å². The average molecular weight is 311 g/mol. The summed E-state index contributed by atoms with van der Waals surface area (Å²) in [4.78, 5) is 0. The van der Waals surface area contributed by atoms with Gasteiger partial charge in [0.15, 0.2) is 0 Å². The Hall–Kier alpha value is 0.350. The summed E-state index contributed by atoms with van der Waals surface area (Å²) in [6.07, 6.45) is 0. The van der Waals surface area contributed by atoms with Gasteiger partial charge in [0.2, 0.25) is 0 Å². The van der Waals surface area contributed by atoms with Crippen molar-refractivity contribution in [2.45, 2.75) is 13.0 Å². The molecule has 0 spiro atoms. The molecule has 1 aromatic heterocycles. The maximum absolute atomic E-state index is 5.39. The summed E-state index contributed by atoms with van der Waals surface area (Å²) in [6, 6.07) is 2.53. The van der Waals surface area contributed by atoms with Gasteiger partial charge in [-0.2, -0.15) is 0 Å². The zero-order chi connectivity index (χ0) is 9.68. The molecule has 1 N–H and O–H groups in total. The molecule has 1 unspecified atom stereocenters. The molecule has 0 bridgehead atoms. The Morgan fingerprint density at radius 3 is 2.92 bits per heavy atom. The SMILES string of the molecule is CCOCC(NC)c1csc(I)c1. The Morgan fingerprint density at radius 1 is 1.69 bits per heavy atom. The molecule has 1 rings (SSSR count). The van der Waals surface area contributed by atoms with Crippen molar-refractivity contribution in [1.29, 1.82) is 0 Å². The van der Waals surface area contributed by atoms with Crippen LogP contribution in [0.5, 0.6) is 0 Å². The maximum atomic E-state index is 5.39. The molecule has 0 saturated carbocycles. The van der Waals surface area contributed by atoms with Gasteiger partial charge in [-0.3, -0.25) is 0 Å². The summed E-state index contributed by atoms with van der Waals surface area (Å²) in [5.41, 5.74) is 1.32. The Bertz CT molecular complexity index is 252. The van der Waals surface area contributed by atoms with Crippen molar-refractivity contribution in [1.82, 2.24) is 5.32 Å². The first-order valence-electron chi connectivity index (χ1n) is 4.26. The molecule has 13 heavy (non-hydrogen) atoms. The Kier molecular flexibility index (Phi) is 5.23. The molecule has 74 valence electrons. The maximum Gasteiger partial charge on any atom is 0.0661 e. The highest BCUT2D eigenvalue weighted by Crippen LogP contribution is 2.22. The molecule has 1 atom stereocenters. The summed E-state index contributed by atoms with van der Waals surface area (Å²) in [5, 5.41) is 5.43. The molecule has 0 aromatic carbocycles. The van der Waals surface area contributed by atoms with Gasteiger partial charge < -0.3 is 10.1 Å². The first-order chi connectivity index (χ1) is 6.27. The molecule has 0 radical (unpaired) electrons. The molecule has 0 saturated heterocycles. The molecular weight excluding hydrogens is 297 g/mol. The number of halogens is 1. The standard InChI is InChI=1S/C9H14INOS/c1-3-12-5-8(11-2)7-4-9(10)13-6-7/h4,6,8,11H,3,5H2,1-2H3. The van der Waals surface area contributed by atoms with Crippen LogP contribution < -0.4 is 5.32 Å². The van der Waals surface area contributed by atoms with Crippen LogP contribution in [-0.4, -0.2) is 20.3 Å². The first-order valence-corrected chi connectivity index (χ1v) is 6.22. The minimum Gasteiger partial charge on any atom is -0.380 e. The van der Waals surface area contributed by atoms with Crippen molar-refractivity contribution in [2.24, 2.45) is 0 Å². The van der Waals surface area contributed by atoms with Gasteiger partial charge in [0.05, 0.1) is 15.5 Å². The van der Waals surface area contributed by atoms with Crippen LogP contribution in [0, 0.1) is 2.88 Å². The molecule has 0 aliphatic heterocycles. The second-order valence-corrected chi connectivity index (χ2v) is 5.49. The van der Waals surface area contributed by atoms with Gasteiger partial charge in [-0.15, -0.1) is 11.3 Å². The molecule has 4 heteroatoms. The van der Waals surface area contributed by atoms with Gasteiger partial charge in [0.25, 0.3) is 0 Å². The van der Waals surface area contributed by atoms with Crippen LogP contribution >= 0.6 is 33.9 Å². The summed E-state index contributed by atoms with van der Waals surface area (Å²) in [5.74, 6) is 0. The third kappa shape index (κ3) is 3.53. The van der Waals surface area contributed by atoms with Crippen LogP contribution in [0.25, 0.3) is 0 Å². The second kappa shape index (κ2) is 5.95. The van der Waals surface area contributed by atoms with E-state index in [0.29, 0.717) is 6.04 Å². The van der Waals surface area contributed by atoms with Crippen LogP contribution in [0.1, 0.15) is 18.5 Å². The molecule has 0 fully saturated rings. The first kappa shape index (κ1) is 11.4. The summed E-state index contributed by atoms with van der Waals surface area (Å²) >= 11 is 4.11. The third-order valence-corrected chi connectivity index (χ3v) is 3.63. The molecule has 0 amide bonds. The number of nitrogens with one attached hydrogen (secondary N) is 1. The van der Waals surface area contributed by atoms with Crippen molar-refractivity contribution in [3.05, 3.63) is 19.9 Å². The van der Waals surface area contributed by atoms with E-state index in [9.17, 15) is 0 Å². The predicted molar refractivity (Wildman–Crippen MR) is 65.3 cm³/mol. The van der Waals surface area contributed by atoms with E-state index in [1.807, 2.05) is 14.0 Å². The van der Waals surface area contributed by atoms with Crippen molar-refractivity contribution < 1.29 is 4.74 Å². The Labute approximate surface area is 96.8 Å². The van der Waals surface area contributed by atoms with Crippen LogP contribution in [0.3, 0.4) is 0 Å². The van der Waals surface area contributed by atoms with Crippen LogP contribution in [0.15, 0.2) is 11.4 Å². The van der Waals surface area contributed by atoms with Crippen molar-refractivity contribution in [2.75, 3.05) is 20.3 Å². The summed E-state index contributed by atoms with van der Waals surface area (Å²) < 4.78 is 6.71. The lowest BCUT2D eigenvalue weighted by atomic mass is 10.2. The molecule has 0 aliphatic carbocycles. The quantitative estimate of drug-likeness (QED) is 0.844. The van der Waals surface area contributed by atoms with E-state index in [-0.39, 0.29) is 0 Å². The van der Waals surface area contributed by atoms with Crippen molar-refractivity contribution >= 4 is 33.9 Å². The van der Waals surface area contributed by atoms with Gasteiger partial charge in [-0.25, -0.2) is 0 Å². The number of hydrogen-bond acceptors (Lipinski definition) is 3. The van der Waals surface area contributed by atoms with E-state index in [2.05, 4.69) is 39.4 Å². The van der Waals surface area contributed by atoms with Gasteiger partial charge in [0.1, 0.15) is 0 Å². The zero-order valence-corrected chi connectivity index (χ0v) is 10.8. The van der Waals surface area contributed by atoms with E-state index in [1.54, 1.807) is 11.3 Å². The minimum atomic E-state index is 0.333. The van der Waals surface area contributed by atoms with Gasteiger partial charge in [-0.1, -0.05) is 0 Å². The molecule has 2 nitrogen and oxygen atoms in total. The summed E-state index contributed by atoms with van der Waals surface area (Å²) in [6.45, 7) is 3.54. The fourth-order valence-electron chi connectivity index (χ4n) is 1.09.